The van der Waals surface area contributed by atoms with Crippen molar-refractivity contribution in [2.24, 2.45) is 7.05 Å². The number of nitrogens with zero attached hydrogens (tertiary/aromatic N) is 2. The predicted molar refractivity (Wildman–Crippen MR) is 166 cm³/mol. The second-order valence-electron chi connectivity index (χ2n) is 10.7. The molecule has 6 aromatic carbocycles. The molecule has 0 aliphatic heterocycles. The minimum Gasteiger partial charge on any atom is -0.344 e. The summed E-state index contributed by atoms with van der Waals surface area (Å²) in [5, 5.41) is 7.84. The highest BCUT2D eigenvalue weighted by atomic mass is 14.9. The molecule has 0 N–H and O–H groups in total. The molecule has 3 heterocycles. The van der Waals surface area contributed by atoms with Crippen molar-refractivity contribution in [2.75, 3.05) is 0 Å². The standard InChI is InChI=1S/C37H24N2/c1-38-33-13-7-5-11-27(33)29-19-24(15-17-34(29)38)25-16-18-36-30(20-25)32-22-26(23-9-3-2-4-10-23)21-31-28-12-6-8-14-35(28)39(36)37(31)32/h2-22H,1H3. The number of hydrogen-bond donors (Lipinski definition) is 0. The zero-order valence-corrected chi connectivity index (χ0v) is 21.5. The topological polar surface area (TPSA) is 9.34 Å². The van der Waals surface area contributed by atoms with Gasteiger partial charge in [0.1, 0.15) is 0 Å². The van der Waals surface area contributed by atoms with Gasteiger partial charge in [0.25, 0.3) is 0 Å². The molecule has 0 saturated heterocycles. The van der Waals surface area contributed by atoms with Gasteiger partial charge < -0.3 is 8.97 Å². The van der Waals surface area contributed by atoms with Crippen LogP contribution in [0.4, 0.5) is 0 Å². The highest BCUT2D eigenvalue weighted by Gasteiger charge is 2.19. The van der Waals surface area contributed by atoms with Gasteiger partial charge >= 0.3 is 0 Å². The summed E-state index contributed by atoms with van der Waals surface area (Å²) in [6, 6.07) is 46.9. The van der Waals surface area contributed by atoms with Crippen molar-refractivity contribution < 1.29 is 0 Å². The third-order valence-corrected chi connectivity index (χ3v) is 8.65. The lowest BCUT2D eigenvalue weighted by Crippen LogP contribution is -1.86. The van der Waals surface area contributed by atoms with Gasteiger partial charge in [-0.2, -0.15) is 0 Å². The number of aryl methyl sites for hydroxylation is 1. The maximum atomic E-state index is 2.46. The van der Waals surface area contributed by atoms with E-state index in [2.05, 4.69) is 143 Å². The fourth-order valence-corrected chi connectivity index (χ4v) is 6.82. The lowest BCUT2D eigenvalue weighted by molar-refractivity contribution is 1.01. The van der Waals surface area contributed by atoms with E-state index in [1.165, 1.54) is 82.2 Å². The SMILES string of the molecule is Cn1c2ccccc2c2cc(-c3ccc4c(c3)c3cc(-c5ccccc5)cc5c6ccccc6n4c53)ccc21. The average Bonchev–Trinajstić information content (AvgIpc) is 3.61. The first-order valence-electron chi connectivity index (χ1n) is 13.5. The van der Waals surface area contributed by atoms with Gasteiger partial charge in [0.2, 0.25) is 0 Å². The van der Waals surface area contributed by atoms with Gasteiger partial charge in [-0.05, 0) is 70.8 Å². The lowest BCUT2D eigenvalue weighted by atomic mass is 9.97. The molecule has 0 atom stereocenters. The van der Waals surface area contributed by atoms with Gasteiger partial charge in [0.05, 0.1) is 16.6 Å². The van der Waals surface area contributed by atoms with Crippen LogP contribution in [0.25, 0.3) is 82.2 Å². The van der Waals surface area contributed by atoms with Crippen LogP contribution >= 0.6 is 0 Å². The molecule has 0 radical (unpaired) electrons. The number of para-hydroxylation sites is 2. The Morgan fingerprint density at radius 3 is 1.59 bits per heavy atom. The Balaban J connectivity index is 1.36. The molecule has 39 heavy (non-hydrogen) atoms. The van der Waals surface area contributed by atoms with Crippen LogP contribution in [0.3, 0.4) is 0 Å². The first-order valence-corrected chi connectivity index (χ1v) is 13.5. The zero-order valence-electron chi connectivity index (χ0n) is 21.5. The summed E-state index contributed by atoms with van der Waals surface area (Å²) in [5.41, 5.74) is 11.4. The predicted octanol–water partition coefficient (Wildman–Crippen LogP) is 9.82. The van der Waals surface area contributed by atoms with Gasteiger partial charge in [0, 0.05) is 50.4 Å². The summed E-state index contributed by atoms with van der Waals surface area (Å²) in [5.74, 6) is 0. The highest BCUT2D eigenvalue weighted by molar-refractivity contribution is 6.25. The lowest BCUT2D eigenvalue weighted by Gasteiger charge is -2.06. The van der Waals surface area contributed by atoms with Crippen LogP contribution in [0.1, 0.15) is 0 Å². The second-order valence-corrected chi connectivity index (χ2v) is 10.7. The van der Waals surface area contributed by atoms with E-state index in [1.54, 1.807) is 0 Å². The van der Waals surface area contributed by atoms with E-state index in [0.29, 0.717) is 0 Å². The van der Waals surface area contributed by atoms with Crippen LogP contribution in [0.5, 0.6) is 0 Å². The van der Waals surface area contributed by atoms with E-state index in [9.17, 15) is 0 Å². The maximum absolute atomic E-state index is 2.46. The largest absolute Gasteiger partial charge is 0.344 e. The van der Waals surface area contributed by atoms with Gasteiger partial charge in [-0.3, -0.25) is 0 Å². The van der Waals surface area contributed by atoms with Crippen LogP contribution in [0, 0.1) is 0 Å². The van der Waals surface area contributed by atoms with Gasteiger partial charge in [-0.25, -0.2) is 0 Å². The average molecular weight is 497 g/mol. The molecule has 0 aliphatic rings. The molecule has 2 nitrogen and oxygen atoms in total. The monoisotopic (exact) mass is 496 g/mol. The first kappa shape index (κ1) is 20.9. The zero-order chi connectivity index (χ0) is 25.7. The Kier molecular flexibility index (Phi) is 4.02. The number of benzene rings is 6. The molecule has 182 valence electrons. The van der Waals surface area contributed by atoms with E-state index in [-0.39, 0.29) is 0 Å². The smallest absolute Gasteiger partial charge is 0.0620 e. The minimum absolute atomic E-state index is 1.25. The second kappa shape index (κ2) is 7.49. The Morgan fingerprint density at radius 1 is 0.359 bits per heavy atom. The summed E-state index contributed by atoms with van der Waals surface area (Å²) < 4.78 is 4.75. The normalized spacial score (nSPS) is 12.2. The number of aromatic nitrogens is 2. The molecule has 2 heteroatoms. The molecular weight excluding hydrogens is 472 g/mol. The van der Waals surface area contributed by atoms with E-state index >= 15 is 0 Å². The van der Waals surface area contributed by atoms with Crippen molar-refractivity contribution in [3.8, 4) is 22.3 Å². The van der Waals surface area contributed by atoms with Gasteiger partial charge in [-0.1, -0.05) is 78.9 Å². The third-order valence-electron chi connectivity index (χ3n) is 8.65. The number of rotatable bonds is 2. The molecule has 0 spiro atoms. The van der Waals surface area contributed by atoms with Crippen molar-refractivity contribution >= 4 is 59.9 Å². The van der Waals surface area contributed by atoms with Crippen molar-refractivity contribution in [1.29, 1.82) is 0 Å². The van der Waals surface area contributed by atoms with Crippen molar-refractivity contribution in [2.45, 2.75) is 0 Å². The fourth-order valence-electron chi connectivity index (χ4n) is 6.82. The van der Waals surface area contributed by atoms with Crippen molar-refractivity contribution in [3.63, 3.8) is 0 Å². The Hall–Kier alpha value is -5.08. The maximum Gasteiger partial charge on any atom is 0.0620 e. The van der Waals surface area contributed by atoms with Crippen LogP contribution in [-0.2, 0) is 7.05 Å². The Labute approximate surface area is 225 Å². The number of hydrogen-bond acceptors (Lipinski definition) is 0. The molecule has 0 fully saturated rings. The van der Waals surface area contributed by atoms with Crippen LogP contribution in [0.2, 0.25) is 0 Å². The van der Waals surface area contributed by atoms with Crippen LogP contribution < -0.4 is 0 Å². The molecule has 0 aliphatic carbocycles. The van der Waals surface area contributed by atoms with E-state index in [1.807, 2.05) is 0 Å². The highest BCUT2D eigenvalue weighted by Crippen LogP contribution is 2.43. The molecule has 0 amide bonds. The van der Waals surface area contributed by atoms with E-state index in [4.69, 9.17) is 0 Å². The van der Waals surface area contributed by atoms with Crippen LogP contribution in [-0.4, -0.2) is 8.97 Å². The minimum atomic E-state index is 1.25. The molecule has 3 aromatic heterocycles. The molecule has 0 bridgehead atoms. The molecule has 9 rings (SSSR count). The molecule has 0 saturated carbocycles. The molecule has 9 aromatic rings. The summed E-state index contributed by atoms with van der Waals surface area (Å²) in [6.45, 7) is 0. The quantitative estimate of drug-likeness (QED) is 0.225. The summed E-state index contributed by atoms with van der Waals surface area (Å²) in [4.78, 5) is 0. The Bertz CT molecular complexity index is 2390. The molecular formula is C37H24N2. The van der Waals surface area contributed by atoms with Gasteiger partial charge in [0.15, 0.2) is 0 Å². The van der Waals surface area contributed by atoms with Crippen LogP contribution in [0.15, 0.2) is 127 Å². The van der Waals surface area contributed by atoms with E-state index < -0.39 is 0 Å². The summed E-state index contributed by atoms with van der Waals surface area (Å²) in [6.07, 6.45) is 0. The third kappa shape index (κ3) is 2.75. The number of fused-ring (bicyclic) bond motifs is 9. The fraction of sp³-hybridized carbons (Fsp3) is 0.0270. The summed E-state index contributed by atoms with van der Waals surface area (Å²) in [7, 11) is 2.16. The van der Waals surface area contributed by atoms with Crippen molar-refractivity contribution in [1.82, 2.24) is 8.97 Å². The van der Waals surface area contributed by atoms with E-state index in [0.717, 1.165) is 0 Å². The van der Waals surface area contributed by atoms with Crippen molar-refractivity contribution in [3.05, 3.63) is 127 Å². The molecule has 0 unspecified atom stereocenters. The Morgan fingerprint density at radius 2 is 0.846 bits per heavy atom. The van der Waals surface area contributed by atoms with Gasteiger partial charge in [-0.15, -0.1) is 0 Å². The first-order chi connectivity index (χ1) is 19.3. The summed E-state index contributed by atoms with van der Waals surface area (Å²) >= 11 is 0.